The summed E-state index contributed by atoms with van der Waals surface area (Å²) in [5, 5.41) is 14.8. The monoisotopic (exact) mass is 343 g/mol. The van der Waals surface area contributed by atoms with Gasteiger partial charge in [0.2, 0.25) is 0 Å². The third-order valence-corrected chi connectivity index (χ3v) is 3.83. The van der Waals surface area contributed by atoms with Gasteiger partial charge >= 0.3 is 0 Å². The Morgan fingerprint density at radius 3 is 2.54 bits per heavy atom. The van der Waals surface area contributed by atoms with Gasteiger partial charge in [0.1, 0.15) is 17.8 Å². The molecule has 0 bridgehead atoms. The van der Waals surface area contributed by atoms with Crippen molar-refractivity contribution in [2.24, 2.45) is 0 Å². The molecule has 2 aromatic carbocycles. The second-order valence-electron chi connectivity index (χ2n) is 5.88. The Morgan fingerprint density at radius 2 is 1.81 bits per heavy atom. The predicted molar refractivity (Wildman–Crippen MR) is 100 cm³/mol. The van der Waals surface area contributed by atoms with Crippen LogP contribution in [-0.4, -0.2) is 15.9 Å². The first kappa shape index (κ1) is 17.1. The summed E-state index contributed by atoms with van der Waals surface area (Å²) < 4.78 is 0. The van der Waals surface area contributed by atoms with E-state index in [1.807, 2.05) is 32.0 Å². The molecule has 3 aromatic rings. The van der Waals surface area contributed by atoms with Crippen LogP contribution in [0.1, 0.15) is 27.2 Å². The average molecular weight is 343 g/mol. The van der Waals surface area contributed by atoms with Gasteiger partial charge in [-0.1, -0.05) is 12.1 Å². The molecule has 1 heterocycles. The number of carbonyl (C=O) groups is 1. The van der Waals surface area contributed by atoms with Crippen molar-refractivity contribution in [1.29, 1.82) is 5.26 Å². The highest BCUT2D eigenvalue weighted by Crippen LogP contribution is 2.19. The summed E-state index contributed by atoms with van der Waals surface area (Å²) in [5.74, 6) is 0.194. The van der Waals surface area contributed by atoms with Crippen LogP contribution in [0.2, 0.25) is 0 Å². The molecule has 0 radical (unpaired) electrons. The standard InChI is InChI=1S/C20H17N5O/c1-13-3-4-14(2)17(9-13)25-20(26)18-10-19(23-12-22-18)24-16-7-5-15(11-21)6-8-16/h3-10,12H,1-2H3,(H,25,26)(H,22,23,24). The van der Waals surface area contributed by atoms with E-state index < -0.39 is 0 Å². The number of carbonyl (C=O) groups excluding carboxylic acids is 1. The molecule has 0 aliphatic carbocycles. The zero-order chi connectivity index (χ0) is 18.5. The molecule has 0 aliphatic rings. The van der Waals surface area contributed by atoms with Gasteiger partial charge in [-0.25, -0.2) is 9.97 Å². The molecule has 0 atom stereocenters. The summed E-state index contributed by atoms with van der Waals surface area (Å²) in [6, 6.07) is 16.5. The van der Waals surface area contributed by atoms with Crippen LogP contribution in [0.4, 0.5) is 17.2 Å². The van der Waals surface area contributed by atoms with E-state index in [1.54, 1.807) is 30.3 Å². The molecule has 128 valence electrons. The van der Waals surface area contributed by atoms with Crippen molar-refractivity contribution in [2.75, 3.05) is 10.6 Å². The number of nitrogens with zero attached hydrogens (tertiary/aromatic N) is 3. The molecule has 0 saturated carbocycles. The minimum Gasteiger partial charge on any atom is -0.340 e. The number of anilines is 3. The Bertz CT molecular complexity index is 990. The average Bonchev–Trinajstić information content (AvgIpc) is 2.65. The van der Waals surface area contributed by atoms with E-state index in [-0.39, 0.29) is 11.6 Å². The van der Waals surface area contributed by atoms with Gasteiger partial charge in [0, 0.05) is 17.4 Å². The van der Waals surface area contributed by atoms with Gasteiger partial charge < -0.3 is 10.6 Å². The van der Waals surface area contributed by atoms with Crippen molar-refractivity contribution in [3.05, 3.63) is 77.2 Å². The second-order valence-corrected chi connectivity index (χ2v) is 5.88. The van der Waals surface area contributed by atoms with Gasteiger partial charge in [-0.2, -0.15) is 5.26 Å². The number of hydrogen-bond donors (Lipinski definition) is 2. The Morgan fingerprint density at radius 1 is 1.04 bits per heavy atom. The van der Waals surface area contributed by atoms with Crippen molar-refractivity contribution < 1.29 is 4.79 Å². The number of rotatable bonds is 4. The number of amides is 1. The number of nitriles is 1. The fourth-order valence-electron chi connectivity index (χ4n) is 2.38. The Hall–Kier alpha value is -3.72. The van der Waals surface area contributed by atoms with Crippen molar-refractivity contribution in [1.82, 2.24) is 9.97 Å². The van der Waals surface area contributed by atoms with Crippen LogP contribution in [0.3, 0.4) is 0 Å². The van der Waals surface area contributed by atoms with E-state index in [4.69, 9.17) is 5.26 Å². The largest absolute Gasteiger partial charge is 0.340 e. The summed E-state index contributed by atoms with van der Waals surface area (Å²) in [6.45, 7) is 3.91. The molecular formula is C20H17N5O. The number of benzene rings is 2. The Kier molecular flexibility index (Phi) is 4.90. The molecule has 2 N–H and O–H groups in total. The van der Waals surface area contributed by atoms with Gasteiger partial charge in [-0.15, -0.1) is 0 Å². The van der Waals surface area contributed by atoms with Crippen LogP contribution in [-0.2, 0) is 0 Å². The first-order valence-electron chi connectivity index (χ1n) is 8.03. The van der Waals surface area contributed by atoms with E-state index in [2.05, 4.69) is 26.7 Å². The fourth-order valence-corrected chi connectivity index (χ4v) is 2.38. The molecule has 0 fully saturated rings. The van der Waals surface area contributed by atoms with E-state index in [0.29, 0.717) is 11.4 Å². The molecule has 26 heavy (non-hydrogen) atoms. The van der Waals surface area contributed by atoms with Crippen molar-refractivity contribution in [3.8, 4) is 6.07 Å². The molecular weight excluding hydrogens is 326 g/mol. The second kappa shape index (κ2) is 7.45. The Labute approximate surface area is 151 Å². The topological polar surface area (TPSA) is 90.7 Å². The molecule has 0 spiro atoms. The highest BCUT2D eigenvalue weighted by atomic mass is 16.1. The van der Waals surface area contributed by atoms with Crippen LogP contribution in [0, 0.1) is 25.2 Å². The Balaban J connectivity index is 1.76. The van der Waals surface area contributed by atoms with Gasteiger partial charge in [-0.3, -0.25) is 4.79 Å². The fraction of sp³-hybridized carbons (Fsp3) is 0.100. The summed E-state index contributed by atoms with van der Waals surface area (Å²) in [7, 11) is 0. The number of nitrogens with one attached hydrogen (secondary N) is 2. The van der Waals surface area contributed by atoms with Gasteiger partial charge in [0.15, 0.2) is 0 Å². The lowest BCUT2D eigenvalue weighted by atomic mass is 10.1. The lowest BCUT2D eigenvalue weighted by Gasteiger charge is -2.10. The van der Waals surface area contributed by atoms with Crippen LogP contribution < -0.4 is 10.6 Å². The van der Waals surface area contributed by atoms with E-state index >= 15 is 0 Å². The SMILES string of the molecule is Cc1ccc(C)c(NC(=O)c2cc(Nc3ccc(C#N)cc3)ncn2)c1. The van der Waals surface area contributed by atoms with Crippen LogP contribution in [0.15, 0.2) is 54.9 Å². The lowest BCUT2D eigenvalue weighted by Crippen LogP contribution is -2.15. The normalized spacial score (nSPS) is 10.0. The minimum atomic E-state index is -0.302. The van der Waals surface area contributed by atoms with Gasteiger partial charge in [0.05, 0.1) is 11.6 Å². The minimum absolute atomic E-state index is 0.261. The maximum Gasteiger partial charge on any atom is 0.274 e. The summed E-state index contributed by atoms with van der Waals surface area (Å²) >= 11 is 0. The molecule has 6 nitrogen and oxygen atoms in total. The number of aromatic nitrogens is 2. The maximum absolute atomic E-state index is 12.5. The summed E-state index contributed by atoms with van der Waals surface area (Å²) in [4.78, 5) is 20.7. The molecule has 1 aromatic heterocycles. The van der Waals surface area contributed by atoms with Gasteiger partial charge in [-0.05, 0) is 55.3 Å². The highest BCUT2D eigenvalue weighted by Gasteiger charge is 2.11. The van der Waals surface area contributed by atoms with Crippen molar-refractivity contribution >= 4 is 23.1 Å². The van der Waals surface area contributed by atoms with Crippen molar-refractivity contribution in [3.63, 3.8) is 0 Å². The summed E-state index contributed by atoms with van der Waals surface area (Å²) in [5.41, 5.74) is 4.41. The third kappa shape index (κ3) is 4.02. The number of aryl methyl sites for hydroxylation is 2. The predicted octanol–water partition coefficient (Wildman–Crippen LogP) is 3.96. The highest BCUT2D eigenvalue weighted by molar-refractivity contribution is 6.03. The molecule has 6 heteroatoms. The van der Waals surface area contributed by atoms with E-state index in [0.717, 1.165) is 22.5 Å². The first-order valence-corrected chi connectivity index (χ1v) is 8.03. The third-order valence-electron chi connectivity index (χ3n) is 3.83. The first-order chi connectivity index (χ1) is 12.5. The van der Waals surface area contributed by atoms with Crippen LogP contribution >= 0.6 is 0 Å². The zero-order valence-electron chi connectivity index (χ0n) is 14.4. The van der Waals surface area contributed by atoms with E-state index in [9.17, 15) is 4.79 Å². The zero-order valence-corrected chi connectivity index (χ0v) is 14.4. The van der Waals surface area contributed by atoms with Crippen LogP contribution in [0.25, 0.3) is 0 Å². The molecule has 0 aliphatic heterocycles. The van der Waals surface area contributed by atoms with Crippen LogP contribution in [0.5, 0.6) is 0 Å². The molecule has 0 unspecified atom stereocenters. The molecule has 1 amide bonds. The van der Waals surface area contributed by atoms with Gasteiger partial charge in [0.25, 0.3) is 5.91 Å². The quantitative estimate of drug-likeness (QED) is 0.748. The molecule has 0 saturated heterocycles. The number of hydrogen-bond acceptors (Lipinski definition) is 5. The summed E-state index contributed by atoms with van der Waals surface area (Å²) in [6.07, 6.45) is 1.34. The van der Waals surface area contributed by atoms with Crippen molar-refractivity contribution in [2.45, 2.75) is 13.8 Å². The maximum atomic E-state index is 12.5. The van der Waals surface area contributed by atoms with E-state index in [1.165, 1.54) is 6.33 Å². The smallest absolute Gasteiger partial charge is 0.274 e. The lowest BCUT2D eigenvalue weighted by molar-refractivity contribution is 0.102. The molecule has 3 rings (SSSR count).